The van der Waals surface area contributed by atoms with Crippen LogP contribution in [0, 0.1) is 6.92 Å². The number of nitrogens with zero attached hydrogens (tertiary/aromatic N) is 2. The Kier molecular flexibility index (Phi) is 10.5. The maximum atomic E-state index is 14.0. The lowest BCUT2D eigenvalue weighted by molar-refractivity contribution is -0.128. The summed E-state index contributed by atoms with van der Waals surface area (Å²) in [6.45, 7) is 4.36. The molecule has 43 heavy (non-hydrogen) atoms. The summed E-state index contributed by atoms with van der Waals surface area (Å²) in [4.78, 5) is 32.2. The van der Waals surface area contributed by atoms with E-state index in [4.69, 9.17) is 10.5 Å². The van der Waals surface area contributed by atoms with Crippen molar-refractivity contribution >= 4 is 11.8 Å². The minimum Gasteiger partial charge on any atom is -0.497 e. The topological polar surface area (TPSA) is 87.9 Å². The molecule has 2 aliphatic rings. The van der Waals surface area contributed by atoms with Gasteiger partial charge in [-0.05, 0) is 86.8 Å². The fraction of sp³-hybridized carbons (Fsp3) is 0.444. The van der Waals surface area contributed by atoms with E-state index >= 15 is 0 Å². The number of hydrogen-bond acceptors (Lipinski definition) is 5. The molecule has 1 heterocycles. The summed E-state index contributed by atoms with van der Waals surface area (Å²) in [7, 11) is 1.60. The molecule has 2 atom stereocenters. The van der Waals surface area contributed by atoms with Gasteiger partial charge in [0.1, 0.15) is 11.8 Å². The number of likely N-dealkylation sites (tertiary alicyclic amines) is 1. The molecule has 1 aliphatic carbocycles. The van der Waals surface area contributed by atoms with Crippen LogP contribution in [0.5, 0.6) is 5.75 Å². The molecule has 0 aromatic heterocycles. The number of piperidine rings is 1. The van der Waals surface area contributed by atoms with E-state index in [1.165, 1.54) is 16.7 Å². The van der Waals surface area contributed by atoms with Crippen molar-refractivity contribution in [2.45, 2.75) is 82.6 Å². The Balaban J connectivity index is 1.39. The highest BCUT2D eigenvalue weighted by molar-refractivity contribution is 5.98. The zero-order valence-electron chi connectivity index (χ0n) is 25.6. The molecule has 7 nitrogen and oxygen atoms in total. The predicted octanol–water partition coefficient (Wildman–Crippen LogP) is 5.11. The first kappa shape index (κ1) is 30.8. The number of methoxy groups -OCH3 is 1. The van der Waals surface area contributed by atoms with Gasteiger partial charge in [0.25, 0.3) is 5.91 Å². The fourth-order valence-corrected chi connectivity index (χ4v) is 6.57. The second-order valence-corrected chi connectivity index (χ2v) is 12.2. The average molecular weight is 583 g/mol. The standard InChI is InChI=1S/C36H46N4O3/c1-26-9-6-7-12-29(26)25-39(21-19-27-10-4-3-5-11-27)32-20-22-40(36(42)28-13-8-14-33(23-28)43-2)34(24-32)35(41)38-31-17-15-30(37)16-18-31/h3-14,23,30-32,34H,15-22,24-25,37H2,1-2H3,(H,38,41)/t30?,31?,32?,34-/m1/s1. The largest absolute Gasteiger partial charge is 0.497 e. The van der Waals surface area contributed by atoms with E-state index in [9.17, 15) is 9.59 Å². The van der Waals surface area contributed by atoms with Gasteiger partial charge in [-0.2, -0.15) is 0 Å². The van der Waals surface area contributed by atoms with Crippen LogP contribution in [0.15, 0.2) is 78.9 Å². The predicted molar refractivity (Wildman–Crippen MR) is 171 cm³/mol. The van der Waals surface area contributed by atoms with Gasteiger partial charge in [0, 0.05) is 43.3 Å². The number of nitrogens with two attached hydrogens (primary N) is 1. The first-order valence-corrected chi connectivity index (χ1v) is 15.7. The van der Waals surface area contributed by atoms with Crippen LogP contribution >= 0.6 is 0 Å². The number of benzene rings is 3. The van der Waals surface area contributed by atoms with Gasteiger partial charge in [0.2, 0.25) is 5.91 Å². The third kappa shape index (κ3) is 8.03. The Morgan fingerprint density at radius 2 is 1.70 bits per heavy atom. The van der Waals surface area contributed by atoms with Crippen molar-refractivity contribution in [1.29, 1.82) is 0 Å². The monoisotopic (exact) mass is 582 g/mol. The number of hydrogen-bond donors (Lipinski definition) is 2. The summed E-state index contributed by atoms with van der Waals surface area (Å²) in [5.74, 6) is 0.448. The van der Waals surface area contributed by atoms with Crippen LogP contribution in [0.1, 0.15) is 65.6 Å². The molecule has 0 radical (unpaired) electrons. The summed E-state index contributed by atoms with van der Waals surface area (Å²) in [5, 5.41) is 3.31. The van der Waals surface area contributed by atoms with Gasteiger partial charge in [-0.3, -0.25) is 14.5 Å². The van der Waals surface area contributed by atoms with E-state index < -0.39 is 6.04 Å². The molecular weight excluding hydrogens is 536 g/mol. The minimum absolute atomic E-state index is 0.0553. The van der Waals surface area contributed by atoms with Crippen LogP contribution in [0.25, 0.3) is 0 Å². The minimum atomic E-state index is -0.552. The first-order valence-electron chi connectivity index (χ1n) is 15.7. The molecule has 7 heteroatoms. The molecule has 3 aromatic carbocycles. The van der Waals surface area contributed by atoms with E-state index in [1.54, 1.807) is 24.1 Å². The maximum Gasteiger partial charge on any atom is 0.254 e. The molecule has 3 N–H and O–H groups in total. The lowest BCUT2D eigenvalue weighted by Crippen LogP contribution is -2.58. The van der Waals surface area contributed by atoms with E-state index in [2.05, 4.69) is 65.7 Å². The van der Waals surface area contributed by atoms with Gasteiger partial charge in [-0.15, -0.1) is 0 Å². The zero-order valence-corrected chi connectivity index (χ0v) is 25.6. The van der Waals surface area contributed by atoms with Crippen LogP contribution in [0.2, 0.25) is 0 Å². The summed E-state index contributed by atoms with van der Waals surface area (Å²) >= 11 is 0. The third-order valence-corrected chi connectivity index (χ3v) is 9.25. The Hall–Kier alpha value is -3.68. The third-order valence-electron chi connectivity index (χ3n) is 9.25. The molecule has 0 bridgehead atoms. The van der Waals surface area contributed by atoms with Crippen LogP contribution < -0.4 is 15.8 Å². The Morgan fingerprint density at radius 3 is 2.44 bits per heavy atom. The zero-order chi connectivity index (χ0) is 30.2. The van der Waals surface area contributed by atoms with Crippen LogP contribution in [-0.2, 0) is 17.8 Å². The highest BCUT2D eigenvalue weighted by atomic mass is 16.5. The smallest absolute Gasteiger partial charge is 0.254 e. The number of amides is 2. The number of carbonyl (C=O) groups is 2. The Labute approximate surface area is 256 Å². The summed E-state index contributed by atoms with van der Waals surface area (Å²) in [6.07, 6.45) is 5.90. The molecule has 1 unspecified atom stereocenters. The lowest BCUT2D eigenvalue weighted by atomic mass is 9.90. The molecule has 1 aliphatic heterocycles. The normalized spacial score (nSPS) is 22.3. The van der Waals surface area contributed by atoms with Crippen LogP contribution in [-0.4, -0.2) is 66.0 Å². The molecule has 228 valence electrons. The number of nitrogens with one attached hydrogen (secondary N) is 1. The summed E-state index contributed by atoms with van der Waals surface area (Å²) < 4.78 is 5.39. The van der Waals surface area contributed by atoms with Crippen molar-refractivity contribution in [2.75, 3.05) is 20.2 Å². The van der Waals surface area contributed by atoms with Gasteiger partial charge >= 0.3 is 0 Å². The molecule has 1 saturated heterocycles. The van der Waals surface area contributed by atoms with Crippen LogP contribution in [0.4, 0.5) is 0 Å². The molecule has 5 rings (SSSR count). The van der Waals surface area contributed by atoms with Gasteiger partial charge < -0.3 is 20.7 Å². The fourth-order valence-electron chi connectivity index (χ4n) is 6.57. The highest BCUT2D eigenvalue weighted by Gasteiger charge is 2.39. The molecule has 2 amide bonds. The Morgan fingerprint density at radius 1 is 0.953 bits per heavy atom. The van der Waals surface area contributed by atoms with E-state index in [1.807, 2.05) is 18.2 Å². The Bertz CT molecular complexity index is 1360. The van der Waals surface area contributed by atoms with Gasteiger partial charge in [0.05, 0.1) is 7.11 Å². The number of rotatable bonds is 10. The number of ether oxygens (including phenoxy) is 1. The second-order valence-electron chi connectivity index (χ2n) is 12.2. The number of carbonyl (C=O) groups excluding carboxylic acids is 2. The second kappa shape index (κ2) is 14.7. The highest BCUT2D eigenvalue weighted by Crippen LogP contribution is 2.28. The van der Waals surface area contributed by atoms with E-state index in [0.29, 0.717) is 24.3 Å². The van der Waals surface area contributed by atoms with E-state index in [-0.39, 0.29) is 29.9 Å². The molecule has 1 saturated carbocycles. The molecule has 0 spiro atoms. The quantitative estimate of drug-likeness (QED) is 0.347. The molecule has 2 fully saturated rings. The first-order chi connectivity index (χ1) is 20.9. The van der Waals surface area contributed by atoms with Crippen molar-refractivity contribution in [3.63, 3.8) is 0 Å². The average Bonchev–Trinajstić information content (AvgIpc) is 3.05. The lowest BCUT2D eigenvalue weighted by Gasteiger charge is -2.43. The van der Waals surface area contributed by atoms with Crippen LogP contribution in [0.3, 0.4) is 0 Å². The van der Waals surface area contributed by atoms with E-state index in [0.717, 1.165) is 51.6 Å². The van der Waals surface area contributed by atoms with Gasteiger partial charge in [-0.25, -0.2) is 0 Å². The van der Waals surface area contributed by atoms with Crippen molar-refractivity contribution < 1.29 is 14.3 Å². The van der Waals surface area contributed by atoms with Crippen molar-refractivity contribution in [3.05, 3.63) is 101 Å². The number of aryl methyl sites for hydroxylation is 1. The van der Waals surface area contributed by atoms with Crippen molar-refractivity contribution in [3.8, 4) is 5.75 Å². The molecule has 3 aromatic rings. The summed E-state index contributed by atoms with van der Waals surface area (Å²) in [5.41, 5.74) is 10.5. The van der Waals surface area contributed by atoms with Gasteiger partial charge in [-0.1, -0.05) is 60.7 Å². The van der Waals surface area contributed by atoms with Crippen molar-refractivity contribution in [1.82, 2.24) is 15.1 Å². The SMILES string of the molecule is COc1cccc(C(=O)N2CCC(N(CCc3ccccc3)Cc3ccccc3C)C[C@@H]2C(=O)NC2CCC(N)CC2)c1. The van der Waals surface area contributed by atoms with Crippen molar-refractivity contribution in [2.24, 2.45) is 5.73 Å². The maximum absolute atomic E-state index is 14.0. The molecular formula is C36H46N4O3. The van der Waals surface area contributed by atoms with Gasteiger partial charge in [0.15, 0.2) is 0 Å². The summed E-state index contributed by atoms with van der Waals surface area (Å²) in [6, 6.07) is 26.2.